The van der Waals surface area contributed by atoms with Crippen LogP contribution in [0.15, 0.2) is 66.7 Å². The van der Waals surface area contributed by atoms with E-state index in [1.54, 1.807) is 12.1 Å². The highest BCUT2D eigenvalue weighted by atomic mass is 19.1. The third-order valence-corrected chi connectivity index (χ3v) is 7.38. The number of nitrogens with one attached hydrogen (secondary N) is 2. The molecule has 1 heterocycles. The van der Waals surface area contributed by atoms with E-state index in [1.807, 2.05) is 42.5 Å². The maximum atomic E-state index is 13.9. The molecule has 1 fully saturated rings. The number of hydrogen-bond donors (Lipinski definition) is 4. The molecule has 216 valence electrons. The van der Waals surface area contributed by atoms with Crippen LogP contribution in [-0.2, 0) is 27.2 Å². The van der Waals surface area contributed by atoms with Gasteiger partial charge in [0.25, 0.3) is 0 Å². The number of fused-ring (bicyclic) bond motifs is 1. The third kappa shape index (κ3) is 7.17. The fraction of sp³-hybridized carbons (Fsp3) is 0.333. The minimum atomic E-state index is -0.973. The van der Waals surface area contributed by atoms with E-state index in [4.69, 9.17) is 11.5 Å². The van der Waals surface area contributed by atoms with Gasteiger partial charge in [0.2, 0.25) is 17.7 Å². The number of carbonyl (C=O) groups is 4. The van der Waals surface area contributed by atoms with E-state index < -0.39 is 41.8 Å². The van der Waals surface area contributed by atoms with Crippen LogP contribution in [0.3, 0.4) is 0 Å². The van der Waals surface area contributed by atoms with Crippen molar-refractivity contribution in [2.24, 2.45) is 11.5 Å². The summed E-state index contributed by atoms with van der Waals surface area (Å²) in [5.41, 5.74) is 13.0. The minimum Gasteiger partial charge on any atom is -0.357 e. The number of primary amides is 1. The maximum Gasteiger partial charge on any atom is 0.312 e. The van der Waals surface area contributed by atoms with Gasteiger partial charge in [-0.2, -0.15) is 0 Å². The van der Waals surface area contributed by atoms with Gasteiger partial charge in [0.15, 0.2) is 0 Å². The van der Waals surface area contributed by atoms with Crippen molar-refractivity contribution in [1.82, 2.24) is 20.4 Å². The lowest BCUT2D eigenvalue weighted by molar-refractivity contribution is -0.156. The number of piperazine rings is 1. The Morgan fingerprint density at radius 2 is 1.66 bits per heavy atom. The number of halogens is 1. The van der Waals surface area contributed by atoms with Crippen molar-refractivity contribution in [2.45, 2.75) is 37.4 Å². The Morgan fingerprint density at radius 3 is 2.34 bits per heavy atom. The lowest BCUT2D eigenvalue weighted by atomic mass is 9.97. The molecule has 0 aromatic heterocycles. The molecule has 0 saturated carbocycles. The van der Waals surface area contributed by atoms with Gasteiger partial charge >= 0.3 is 6.03 Å². The standard InChI is InChI=1S/C30H35FN6O4/c1-34-27(38)26(18-20-6-9-21-4-2-3-5-22(21)16-20)37-15-14-36(25(29(37)40)12-13-35-30(33)41)28(39)24(32)17-19-7-10-23(31)11-8-19/h2-11,16,24-26H,12-15,17-18,32H2,1H3,(H,34,38)(H3,33,35,41)/t24-,25+,26+/m1/s1. The van der Waals surface area contributed by atoms with E-state index in [1.165, 1.54) is 29.0 Å². The number of carbonyl (C=O) groups excluding carboxylic acids is 4. The Labute approximate surface area is 237 Å². The van der Waals surface area contributed by atoms with Crippen molar-refractivity contribution in [1.29, 1.82) is 0 Å². The predicted octanol–water partition coefficient (Wildman–Crippen LogP) is 1.30. The van der Waals surface area contributed by atoms with Gasteiger partial charge in [-0.15, -0.1) is 0 Å². The van der Waals surface area contributed by atoms with Crippen LogP contribution < -0.4 is 22.1 Å². The minimum absolute atomic E-state index is 0.0475. The van der Waals surface area contributed by atoms with Gasteiger partial charge in [0.05, 0.1) is 6.04 Å². The lowest BCUT2D eigenvalue weighted by Crippen LogP contribution is -2.65. The second kappa shape index (κ2) is 13.2. The number of nitrogens with zero attached hydrogens (tertiary/aromatic N) is 2. The molecular formula is C30H35FN6O4. The Hall–Kier alpha value is -4.51. The monoisotopic (exact) mass is 562 g/mol. The summed E-state index contributed by atoms with van der Waals surface area (Å²) in [5.74, 6) is -1.59. The van der Waals surface area contributed by atoms with Crippen LogP contribution in [0.5, 0.6) is 0 Å². The highest BCUT2D eigenvalue weighted by molar-refractivity contribution is 5.94. The van der Waals surface area contributed by atoms with E-state index in [0.29, 0.717) is 5.56 Å². The molecule has 10 nitrogen and oxygen atoms in total. The zero-order valence-electron chi connectivity index (χ0n) is 22.9. The summed E-state index contributed by atoms with van der Waals surface area (Å²) < 4.78 is 13.3. The molecule has 6 N–H and O–H groups in total. The average molecular weight is 563 g/mol. The van der Waals surface area contributed by atoms with Crippen LogP contribution in [0.2, 0.25) is 0 Å². The molecule has 11 heteroatoms. The molecule has 0 bridgehead atoms. The van der Waals surface area contributed by atoms with Crippen LogP contribution in [0, 0.1) is 5.82 Å². The van der Waals surface area contributed by atoms with E-state index in [0.717, 1.165) is 16.3 Å². The van der Waals surface area contributed by atoms with Crippen LogP contribution in [0.1, 0.15) is 17.5 Å². The Kier molecular flexibility index (Phi) is 9.51. The van der Waals surface area contributed by atoms with Gasteiger partial charge in [0.1, 0.15) is 17.9 Å². The Morgan fingerprint density at radius 1 is 0.976 bits per heavy atom. The number of hydrogen-bond acceptors (Lipinski definition) is 5. The molecule has 0 radical (unpaired) electrons. The highest BCUT2D eigenvalue weighted by Crippen LogP contribution is 2.23. The molecule has 1 aliphatic heterocycles. The van der Waals surface area contributed by atoms with Crippen molar-refractivity contribution in [3.05, 3.63) is 83.7 Å². The van der Waals surface area contributed by atoms with Crippen molar-refractivity contribution in [3.63, 3.8) is 0 Å². The van der Waals surface area contributed by atoms with E-state index >= 15 is 0 Å². The molecule has 41 heavy (non-hydrogen) atoms. The first-order valence-electron chi connectivity index (χ1n) is 13.5. The second-order valence-corrected chi connectivity index (χ2v) is 10.1. The van der Waals surface area contributed by atoms with Crippen LogP contribution in [0.4, 0.5) is 9.18 Å². The smallest absolute Gasteiger partial charge is 0.312 e. The number of amides is 5. The Balaban J connectivity index is 1.56. The molecule has 5 amide bonds. The normalized spacial score (nSPS) is 16.8. The number of likely N-dealkylation sites (N-methyl/N-ethyl adjacent to an activating group) is 1. The highest BCUT2D eigenvalue weighted by Gasteiger charge is 2.42. The van der Waals surface area contributed by atoms with E-state index in [-0.39, 0.29) is 44.8 Å². The molecular weight excluding hydrogens is 527 g/mol. The van der Waals surface area contributed by atoms with Crippen molar-refractivity contribution < 1.29 is 23.6 Å². The second-order valence-electron chi connectivity index (χ2n) is 10.1. The molecule has 0 unspecified atom stereocenters. The van der Waals surface area contributed by atoms with Crippen molar-refractivity contribution in [3.8, 4) is 0 Å². The number of urea groups is 1. The van der Waals surface area contributed by atoms with Gasteiger partial charge in [-0.1, -0.05) is 54.6 Å². The van der Waals surface area contributed by atoms with Crippen molar-refractivity contribution in [2.75, 3.05) is 26.7 Å². The topological polar surface area (TPSA) is 151 Å². The number of rotatable bonds is 10. The predicted molar refractivity (Wildman–Crippen MR) is 153 cm³/mol. The molecule has 0 aliphatic carbocycles. The molecule has 3 atom stereocenters. The quantitative estimate of drug-likeness (QED) is 0.294. The SMILES string of the molecule is CNC(=O)[C@H](Cc1ccc2ccccc2c1)N1CCN(C(=O)[C@H](N)Cc2ccc(F)cc2)[C@@H](CCNC(N)=O)C1=O. The number of benzene rings is 3. The summed E-state index contributed by atoms with van der Waals surface area (Å²) in [7, 11) is 1.52. The Bertz CT molecular complexity index is 1420. The fourth-order valence-corrected chi connectivity index (χ4v) is 5.27. The fourth-order valence-electron chi connectivity index (χ4n) is 5.27. The molecule has 3 aromatic carbocycles. The third-order valence-electron chi connectivity index (χ3n) is 7.38. The van der Waals surface area contributed by atoms with Crippen molar-refractivity contribution >= 4 is 34.5 Å². The molecule has 1 saturated heterocycles. The van der Waals surface area contributed by atoms with Crippen LogP contribution >= 0.6 is 0 Å². The molecule has 0 spiro atoms. The summed E-state index contributed by atoms with van der Waals surface area (Å²) in [6.45, 7) is 0.319. The first kappa shape index (κ1) is 29.5. The summed E-state index contributed by atoms with van der Waals surface area (Å²) in [6.07, 6.45) is 0.521. The maximum absolute atomic E-state index is 13.9. The van der Waals surface area contributed by atoms with Gasteiger partial charge < -0.3 is 31.9 Å². The summed E-state index contributed by atoms with van der Waals surface area (Å²) in [6, 6.07) is 16.0. The first-order valence-corrected chi connectivity index (χ1v) is 13.5. The zero-order chi connectivity index (χ0) is 29.5. The van der Waals surface area contributed by atoms with Crippen LogP contribution in [0.25, 0.3) is 10.8 Å². The average Bonchev–Trinajstić information content (AvgIpc) is 2.97. The first-order chi connectivity index (χ1) is 19.7. The largest absolute Gasteiger partial charge is 0.357 e. The molecule has 1 aliphatic rings. The molecule has 4 rings (SSSR count). The van der Waals surface area contributed by atoms with Gasteiger partial charge in [-0.05, 0) is 46.9 Å². The zero-order valence-corrected chi connectivity index (χ0v) is 22.9. The molecule has 3 aromatic rings. The number of nitrogens with two attached hydrogens (primary N) is 2. The van der Waals surface area contributed by atoms with Gasteiger partial charge in [-0.3, -0.25) is 14.4 Å². The summed E-state index contributed by atoms with van der Waals surface area (Å²) >= 11 is 0. The van der Waals surface area contributed by atoms with E-state index in [9.17, 15) is 23.6 Å². The van der Waals surface area contributed by atoms with Crippen LogP contribution in [-0.4, -0.2) is 78.4 Å². The van der Waals surface area contributed by atoms with E-state index in [2.05, 4.69) is 10.6 Å². The summed E-state index contributed by atoms with van der Waals surface area (Å²) in [5, 5.41) is 7.22. The lowest BCUT2D eigenvalue weighted by Gasteiger charge is -2.44. The van der Waals surface area contributed by atoms with Gasteiger partial charge in [-0.25, -0.2) is 9.18 Å². The van der Waals surface area contributed by atoms with Gasteiger partial charge in [0, 0.05) is 33.1 Å². The summed E-state index contributed by atoms with van der Waals surface area (Å²) in [4.78, 5) is 54.7.